The highest BCUT2D eigenvalue weighted by Gasteiger charge is 2.09. The Morgan fingerprint density at radius 2 is 1.33 bits per heavy atom. The highest BCUT2D eigenvalue weighted by Crippen LogP contribution is 2.14. The molecule has 0 unspecified atom stereocenters. The standard InChI is InChI=1S/C10H17N5/c1-7(2)8-11-9(14(3)4)13-10(12-8)15(5)6/h1H2,2-6H3. The smallest absolute Gasteiger partial charge is 0.230 e. The molecule has 0 bridgehead atoms. The lowest BCUT2D eigenvalue weighted by molar-refractivity contribution is 0.902. The molecule has 0 saturated carbocycles. The summed E-state index contributed by atoms with van der Waals surface area (Å²) in [6.07, 6.45) is 0. The third-order valence-electron chi connectivity index (χ3n) is 1.79. The highest BCUT2D eigenvalue weighted by molar-refractivity contribution is 5.57. The fourth-order valence-electron chi connectivity index (χ4n) is 0.945. The van der Waals surface area contributed by atoms with Crippen LogP contribution in [0.25, 0.3) is 5.57 Å². The maximum Gasteiger partial charge on any atom is 0.230 e. The number of hydrogen-bond acceptors (Lipinski definition) is 5. The molecular formula is C10H17N5. The van der Waals surface area contributed by atoms with Gasteiger partial charge in [-0.3, -0.25) is 0 Å². The summed E-state index contributed by atoms with van der Waals surface area (Å²) in [4.78, 5) is 16.6. The molecule has 0 aromatic carbocycles. The quantitative estimate of drug-likeness (QED) is 0.741. The zero-order valence-corrected chi connectivity index (χ0v) is 9.94. The molecule has 15 heavy (non-hydrogen) atoms. The second-order valence-electron chi connectivity index (χ2n) is 3.83. The molecule has 0 aliphatic heterocycles. The normalized spacial score (nSPS) is 9.93. The maximum atomic E-state index is 4.30. The van der Waals surface area contributed by atoms with Gasteiger partial charge in [-0.1, -0.05) is 6.58 Å². The number of hydrogen-bond donors (Lipinski definition) is 0. The van der Waals surface area contributed by atoms with E-state index in [-0.39, 0.29) is 0 Å². The predicted molar refractivity (Wildman–Crippen MR) is 63.2 cm³/mol. The molecule has 0 radical (unpaired) electrons. The van der Waals surface area contributed by atoms with Crippen molar-refractivity contribution in [2.24, 2.45) is 0 Å². The Labute approximate surface area is 90.5 Å². The predicted octanol–water partition coefficient (Wildman–Crippen LogP) is 1.04. The second kappa shape index (κ2) is 4.25. The van der Waals surface area contributed by atoms with Crippen molar-refractivity contribution >= 4 is 17.5 Å². The molecule has 1 heterocycles. The average Bonchev–Trinajstić information content (AvgIpc) is 2.16. The largest absolute Gasteiger partial charge is 0.347 e. The third-order valence-corrected chi connectivity index (χ3v) is 1.79. The van der Waals surface area contributed by atoms with E-state index in [1.54, 1.807) is 0 Å². The Kier molecular flexibility index (Phi) is 3.24. The third kappa shape index (κ3) is 2.65. The molecule has 0 saturated heterocycles. The van der Waals surface area contributed by atoms with Crippen molar-refractivity contribution < 1.29 is 0 Å². The van der Waals surface area contributed by atoms with Gasteiger partial charge in [-0.2, -0.15) is 15.0 Å². The van der Waals surface area contributed by atoms with Crippen molar-refractivity contribution in [1.82, 2.24) is 15.0 Å². The first-order valence-electron chi connectivity index (χ1n) is 4.68. The summed E-state index contributed by atoms with van der Waals surface area (Å²) in [6, 6.07) is 0. The first-order valence-corrected chi connectivity index (χ1v) is 4.68. The molecule has 0 amide bonds. The van der Waals surface area contributed by atoms with Crippen LogP contribution in [0.15, 0.2) is 6.58 Å². The molecule has 0 aliphatic rings. The van der Waals surface area contributed by atoms with E-state index in [0.29, 0.717) is 17.7 Å². The first-order chi connectivity index (χ1) is 6.91. The molecule has 1 aromatic rings. The minimum Gasteiger partial charge on any atom is -0.347 e. The fourth-order valence-corrected chi connectivity index (χ4v) is 0.945. The van der Waals surface area contributed by atoms with Crippen molar-refractivity contribution in [2.45, 2.75) is 6.92 Å². The summed E-state index contributed by atoms with van der Waals surface area (Å²) in [5, 5.41) is 0. The highest BCUT2D eigenvalue weighted by atomic mass is 15.3. The maximum absolute atomic E-state index is 4.30. The van der Waals surface area contributed by atoms with Gasteiger partial charge in [0.1, 0.15) is 0 Å². The van der Waals surface area contributed by atoms with Gasteiger partial charge in [0.2, 0.25) is 11.9 Å². The lowest BCUT2D eigenvalue weighted by atomic mass is 10.3. The minimum absolute atomic E-state index is 0.636. The van der Waals surface area contributed by atoms with Crippen LogP contribution in [0.5, 0.6) is 0 Å². The number of anilines is 2. The number of allylic oxidation sites excluding steroid dienone is 1. The van der Waals surface area contributed by atoms with E-state index >= 15 is 0 Å². The molecule has 0 aliphatic carbocycles. The van der Waals surface area contributed by atoms with Crippen LogP contribution in [0.2, 0.25) is 0 Å². The van der Waals surface area contributed by atoms with Crippen LogP contribution in [0, 0.1) is 0 Å². The van der Waals surface area contributed by atoms with E-state index in [2.05, 4.69) is 21.5 Å². The van der Waals surface area contributed by atoms with Gasteiger partial charge in [-0.15, -0.1) is 0 Å². The first kappa shape index (κ1) is 11.4. The lowest BCUT2D eigenvalue weighted by Gasteiger charge is -2.16. The Morgan fingerprint density at radius 1 is 0.933 bits per heavy atom. The summed E-state index contributed by atoms with van der Waals surface area (Å²) in [5.41, 5.74) is 0.837. The van der Waals surface area contributed by atoms with Gasteiger partial charge in [0.15, 0.2) is 5.82 Å². The Morgan fingerprint density at radius 3 is 1.60 bits per heavy atom. The summed E-state index contributed by atoms with van der Waals surface area (Å²) in [6.45, 7) is 5.72. The van der Waals surface area contributed by atoms with E-state index in [4.69, 9.17) is 0 Å². The topological polar surface area (TPSA) is 45.2 Å². The van der Waals surface area contributed by atoms with Crippen molar-refractivity contribution in [3.05, 3.63) is 12.4 Å². The molecule has 5 heteroatoms. The fraction of sp³-hybridized carbons (Fsp3) is 0.500. The van der Waals surface area contributed by atoms with Gasteiger partial charge in [0.25, 0.3) is 0 Å². The van der Waals surface area contributed by atoms with E-state index in [0.717, 1.165) is 5.57 Å². The van der Waals surface area contributed by atoms with Crippen LogP contribution >= 0.6 is 0 Å². The van der Waals surface area contributed by atoms with Gasteiger partial charge in [0.05, 0.1) is 0 Å². The Balaban J connectivity index is 3.26. The number of aromatic nitrogens is 3. The van der Waals surface area contributed by atoms with E-state index < -0.39 is 0 Å². The number of nitrogens with zero attached hydrogens (tertiary/aromatic N) is 5. The average molecular weight is 207 g/mol. The van der Waals surface area contributed by atoms with E-state index in [1.807, 2.05) is 44.9 Å². The summed E-state index contributed by atoms with van der Waals surface area (Å²) < 4.78 is 0. The van der Waals surface area contributed by atoms with Crippen LogP contribution < -0.4 is 9.80 Å². The molecule has 0 N–H and O–H groups in total. The van der Waals surface area contributed by atoms with E-state index in [1.165, 1.54) is 0 Å². The molecule has 0 atom stereocenters. The summed E-state index contributed by atoms with van der Waals surface area (Å²) in [5.74, 6) is 1.93. The lowest BCUT2D eigenvalue weighted by Crippen LogP contribution is -2.19. The van der Waals surface area contributed by atoms with Crippen LogP contribution in [0.4, 0.5) is 11.9 Å². The van der Waals surface area contributed by atoms with Crippen molar-refractivity contribution in [1.29, 1.82) is 0 Å². The molecule has 1 rings (SSSR count). The van der Waals surface area contributed by atoms with Gasteiger partial charge >= 0.3 is 0 Å². The van der Waals surface area contributed by atoms with Crippen LogP contribution in [0.1, 0.15) is 12.7 Å². The van der Waals surface area contributed by atoms with Crippen LogP contribution in [0.3, 0.4) is 0 Å². The zero-order chi connectivity index (χ0) is 11.6. The Hall–Kier alpha value is -1.65. The van der Waals surface area contributed by atoms with Gasteiger partial charge in [-0.25, -0.2) is 0 Å². The Bertz CT molecular complexity index is 344. The van der Waals surface area contributed by atoms with Crippen LogP contribution in [-0.4, -0.2) is 43.1 Å². The minimum atomic E-state index is 0.636. The number of rotatable bonds is 3. The van der Waals surface area contributed by atoms with Gasteiger partial charge < -0.3 is 9.80 Å². The monoisotopic (exact) mass is 207 g/mol. The van der Waals surface area contributed by atoms with Gasteiger partial charge in [0, 0.05) is 28.2 Å². The summed E-state index contributed by atoms with van der Waals surface area (Å²) >= 11 is 0. The van der Waals surface area contributed by atoms with Crippen molar-refractivity contribution in [2.75, 3.05) is 38.0 Å². The van der Waals surface area contributed by atoms with Crippen molar-refractivity contribution in [3.63, 3.8) is 0 Å². The zero-order valence-electron chi connectivity index (χ0n) is 9.94. The van der Waals surface area contributed by atoms with E-state index in [9.17, 15) is 0 Å². The van der Waals surface area contributed by atoms with Gasteiger partial charge in [-0.05, 0) is 12.5 Å². The molecule has 82 valence electrons. The second-order valence-corrected chi connectivity index (χ2v) is 3.83. The van der Waals surface area contributed by atoms with Crippen molar-refractivity contribution in [3.8, 4) is 0 Å². The molecule has 0 spiro atoms. The summed E-state index contributed by atoms with van der Waals surface area (Å²) in [7, 11) is 7.60. The molecule has 0 fully saturated rings. The molecule has 1 aromatic heterocycles. The molecular weight excluding hydrogens is 190 g/mol. The van der Waals surface area contributed by atoms with Crippen LogP contribution in [-0.2, 0) is 0 Å². The molecule has 5 nitrogen and oxygen atoms in total. The SMILES string of the molecule is C=C(C)c1nc(N(C)C)nc(N(C)C)n1.